The van der Waals surface area contributed by atoms with Crippen molar-refractivity contribution >= 4 is 17.3 Å². The van der Waals surface area contributed by atoms with Crippen molar-refractivity contribution in [2.24, 2.45) is 0 Å². The Labute approximate surface area is 138 Å². The summed E-state index contributed by atoms with van der Waals surface area (Å²) in [4.78, 5) is 11.5. The molecule has 0 bridgehead atoms. The van der Waals surface area contributed by atoms with E-state index in [4.69, 9.17) is 11.6 Å². The number of benzene rings is 1. The molecule has 7 heteroatoms. The first-order valence-electron chi connectivity index (χ1n) is 7.15. The highest BCUT2D eigenvalue weighted by Crippen LogP contribution is 2.21. The van der Waals surface area contributed by atoms with Crippen LogP contribution in [-0.2, 0) is 6.54 Å². The molecule has 0 saturated carbocycles. The lowest BCUT2D eigenvalue weighted by molar-refractivity contribution is 0.832. The molecule has 0 aliphatic heterocycles. The molecule has 0 fully saturated rings. The van der Waals surface area contributed by atoms with Crippen molar-refractivity contribution in [1.29, 1.82) is 0 Å². The third-order valence-corrected chi connectivity index (χ3v) is 4.07. The molecule has 0 atom stereocenters. The summed E-state index contributed by atoms with van der Waals surface area (Å²) in [6, 6.07) is 9.94. The number of para-hydroxylation sites is 1. The molecule has 0 aliphatic carbocycles. The van der Waals surface area contributed by atoms with E-state index in [0.717, 1.165) is 22.6 Å². The van der Waals surface area contributed by atoms with Gasteiger partial charge in [-0.15, -0.1) is 0 Å². The van der Waals surface area contributed by atoms with Crippen LogP contribution in [0.1, 0.15) is 17.0 Å². The van der Waals surface area contributed by atoms with Crippen LogP contribution in [0.4, 0.5) is 5.69 Å². The van der Waals surface area contributed by atoms with Gasteiger partial charge in [0, 0.05) is 17.8 Å². The van der Waals surface area contributed by atoms with Crippen LogP contribution in [0.25, 0.3) is 5.69 Å². The van der Waals surface area contributed by atoms with E-state index in [1.807, 2.05) is 48.9 Å². The van der Waals surface area contributed by atoms with Crippen LogP contribution in [-0.4, -0.2) is 20.0 Å². The summed E-state index contributed by atoms with van der Waals surface area (Å²) in [5.74, 6) is 0. The topological polar surface area (TPSA) is 75.6 Å². The molecule has 0 radical (unpaired) electrons. The van der Waals surface area contributed by atoms with E-state index in [-0.39, 0.29) is 5.02 Å². The van der Waals surface area contributed by atoms with Gasteiger partial charge in [-0.05, 0) is 26.0 Å². The number of nitrogens with one attached hydrogen (secondary N) is 2. The maximum Gasteiger partial charge on any atom is 0.285 e. The SMILES string of the molecule is Cc1nn(-c2ccccc2)c(C)c1CNc1cn[nH]c(=O)c1Cl. The van der Waals surface area contributed by atoms with Gasteiger partial charge < -0.3 is 5.32 Å². The Bertz CT molecular complexity index is 885. The van der Waals surface area contributed by atoms with Crippen molar-refractivity contribution in [1.82, 2.24) is 20.0 Å². The van der Waals surface area contributed by atoms with Gasteiger partial charge >= 0.3 is 0 Å². The zero-order chi connectivity index (χ0) is 16.4. The van der Waals surface area contributed by atoms with E-state index in [2.05, 4.69) is 20.6 Å². The van der Waals surface area contributed by atoms with Crippen molar-refractivity contribution in [3.8, 4) is 5.69 Å². The minimum Gasteiger partial charge on any atom is -0.378 e. The quantitative estimate of drug-likeness (QED) is 0.771. The largest absolute Gasteiger partial charge is 0.378 e. The van der Waals surface area contributed by atoms with Gasteiger partial charge in [-0.3, -0.25) is 4.79 Å². The van der Waals surface area contributed by atoms with Crippen LogP contribution in [0.15, 0.2) is 41.3 Å². The zero-order valence-electron chi connectivity index (χ0n) is 12.8. The molecule has 0 aliphatic rings. The van der Waals surface area contributed by atoms with E-state index in [9.17, 15) is 4.79 Å². The lowest BCUT2D eigenvalue weighted by atomic mass is 10.2. The van der Waals surface area contributed by atoms with Gasteiger partial charge in [0.2, 0.25) is 0 Å². The fraction of sp³-hybridized carbons (Fsp3) is 0.188. The number of aryl methyl sites for hydroxylation is 1. The number of aromatic amines is 1. The Hall–Kier alpha value is -2.60. The number of hydrogen-bond donors (Lipinski definition) is 2. The van der Waals surface area contributed by atoms with Gasteiger partial charge in [0.05, 0.1) is 23.3 Å². The molecule has 0 spiro atoms. The van der Waals surface area contributed by atoms with E-state index >= 15 is 0 Å². The maximum atomic E-state index is 11.5. The molecule has 3 rings (SSSR count). The first-order valence-corrected chi connectivity index (χ1v) is 7.53. The van der Waals surface area contributed by atoms with E-state index in [1.165, 1.54) is 6.20 Å². The lowest BCUT2D eigenvalue weighted by Crippen LogP contribution is -2.12. The van der Waals surface area contributed by atoms with Gasteiger partial charge in [-0.25, -0.2) is 9.78 Å². The molecule has 23 heavy (non-hydrogen) atoms. The number of anilines is 1. The normalized spacial score (nSPS) is 10.7. The highest BCUT2D eigenvalue weighted by Gasteiger charge is 2.13. The summed E-state index contributed by atoms with van der Waals surface area (Å²) in [6.07, 6.45) is 1.50. The summed E-state index contributed by atoms with van der Waals surface area (Å²) in [5.41, 5.74) is 4.12. The minimum absolute atomic E-state index is 0.103. The minimum atomic E-state index is -0.412. The molecular formula is C16H16ClN5O. The second-order valence-electron chi connectivity index (χ2n) is 5.18. The molecule has 0 amide bonds. The lowest BCUT2D eigenvalue weighted by Gasteiger charge is -2.08. The second-order valence-corrected chi connectivity index (χ2v) is 5.56. The average molecular weight is 330 g/mol. The summed E-state index contributed by atoms with van der Waals surface area (Å²) in [6.45, 7) is 4.48. The number of nitrogens with zero attached hydrogens (tertiary/aromatic N) is 3. The molecule has 2 N–H and O–H groups in total. The first-order chi connectivity index (χ1) is 11.1. The molecule has 2 aromatic heterocycles. The monoisotopic (exact) mass is 329 g/mol. The van der Waals surface area contributed by atoms with E-state index < -0.39 is 5.56 Å². The molecule has 3 aromatic rings. The fourth-order valence-corrected chi connectivity index (χ4v) is 2.60. The average Bonchev–Trinajstić information content (AvgIpc) is 2.84. The number of rotatable bonds is 4. The number of H-pyrrole nitrogens is 1. The van der Waals surface area contributed by atoms with Crippen LogP contribution in [0, 0.1) is 13.8 Å². The van der Waals surface area contributed by atoms with Crippen molar-refractivity contribution in [3.05, 3.63) is 68.9 Å². The maximum absolute atomic E-state index is 11.5. The van der Waals surface area contributed by atoms with Gasteiger partial charge in [0.15, 0.2) is 0 Å². The standard InChI is InChI=1S/C16H16ClN5O/c1-10-13(8-18-14-9-19-20-16(23)15(14)17)11(2)22(21-10)12-6-4-3-5-7-12/h3-7,9H,8H2,1-2H3,(H2,18,20,23). The summed E-state index contributed by atoms with van der Waals surface area (Å²) >= 11 is 5.97. The number of halogens is 1. The Morgan fingerprint density at radius 1 is 1.26 bits per heavy atom. The van der Waals surface area contributed by atoms with Crippen LogP contribution >= 0.6 is 11.6 Å². The van der Waals surface area contributed by atoms with Crippen LogP contribution in [0.5, 0.6) is 0 Å². The van der Waals surface area contributed by atoms with Crippen molar-refractivity contribution < 1.29 is 0 Å². The van der Waals surface area contributed by atoms with Gasteiger partial charge in [-0.2, -0.15) is 10.2 Å². The second kappa shape index (κ2) is 6.26. The smallest absolute Gasteiger partial charge is 0.285 e. The Morgan fingerprint density at radius 2 is 2.00 bits per heavy atom. The van der Waals surface area contributed by atoms with Gasteiger partial charge in [-0.1, -0.05) is 29.8 Å². The predicted octanol–water partition coefficient (Wildman–Crippen LogP) is 2.84. The van der Waals surface area contributed by atoms with Crippen molar-refractivity contribution in [2.45, 2.75) is 20.4 Å². The Morgan fingerprint density at radius 3 is 2.74 bits per heavy atom. The van der Waals surface area contributed by atoms with Crippen LogP contribution in [0.2, 0.25) is 5.02 Å². The summed E-state index contributed by atoms with van der Waals surface area (Å²) in [7, 11) is 0. The van der Waals surface area contributed by atoms with Crippen molar-refractivity contribution in [2.75, 3.05) is 5.32 Å². The molecule has 118 valence electrons. The van der Waals surface area contributed by atoms with E-state index in [1.54, 1.807) is 0 Å². The summed E-state index contributed by atoms with van der Waals surface area (Å²) in [5, 5.41) is 13.9. The molecule has 1 aromatic carbocycles. The highest BCUT2D eigenvalue weighted by molar-refractivity contribution is 6.32. The third kappa shape index (κ3) is 2.98. The predicted molar refractivity (Wildman–Crippen MR) is 90.2 cm³/mol. The molecule has 0 unspecified atom stereocenters. The number of aromatic nitrogens is 4. The Kier molecular flexibility index (Phi) is 4.16. The zero-order valence-corrected chi connectivity index (χ0v) is 13.6. The van der Waals surface area contributed by atoms with Crippen LogP contribution in [0.3, 0.4) is 0 Å². The molecular weight excluding hydrogens is 314 g/mol. The van der Waals surface area contributed by atoms with Gasteiger partial charge in [0.1, 0.15) is 5.02 Å². The third-order valence-electron chi connectivity index (χ3n) is 3.69. The van der Waals surface area contributed by atoms with Crippen LogP contribution < -0.4 is 10.9 Å². The molecule has 0 saturated heterocycles. The Balaban J connectivity index is 1.88. The van der Waals surface area contributed by atoms with Crippen molar-refractivity contribution in [3.63, 3.8) is 0 Å². The fourth-order valence-electron chi connectivity index (χ4n) is 2.44. The highest BCUT2D eigenvalue weighted by atomic mass is 35.5. The van der Waals surface area contributed by atoms with Gasteiger partial charge in [0.25, 0.3) is 5.56 Å². The van der Waals surface area contributed by atoms with E-state index in [0.29, 0.717) is 12.2 Å². The molecule has 6 nitrogen and oxygen atoms in total. The first kappa shape index (κ1) is 15.3. The summed E-state index contributed by atoms with van der Waals surface area (Å²) < 4.78 is 1.91. The molecule has 2 heterocycles. The number of hydrogen-bond acceptors (Lipinski definition) is 4.